The second kappa shape index (κ2) is 11.9. The summed E-state index contributed by atoms with van der Waals surface area (Å²) in [4.78, 5) is 2.03. The highest BCUT2D eigenvalue weighted by Crippen LogP contribution is 2.50. The van der Waals surface area contributed by atoms with E-state index in [1.54, 1.807) is 7.11 Å². The van der Waals surface area contributed by atoms with Crippen LogP contribution in [0, 0.1) is 0 Å². The molecule has 0 aliphatic rings. The molecule has 0 spiro atoms. The molecule has 0 bridgehead atoms. The molecule has 0 radical (unpaired) electrons. The van der Waals surface area contributed by atoms with Gasteiger partial charge in [0.2, 0.25) is 0 Å². The second-order valence-corrected chi connectivity index (χ2v) is 14.9. The Labute approximate surface area is 230 Å². The quantitative estimate of drug-likeness (QED) is 0.187. The molecule has 0 unspecified atom stereocenters. The summed E-state index contributed by atoms with van der Waals surface area (Å²) in [6, 6.07) is 46.1. The lowest BCUT2D eigenvalue weighted by Crippen LogP contribution is -2.35. The van der Waals surface area contributed by atoms with Crippen LogP contribution in [0.15, 0.2) is 146 Å². The standard InChI is InChI=1S/C33H31NO3P2/c1-37-29-24-22-28(23-25-29)34(26-38(35,30-14-6-2-7-15-30)31-16-8-3-9-17-31)27-39(36,32-18-10-4-11-19-32)33-20-12-5-13-21-33/h2-25H,26-27H2,1H3. The molecule has 0 N–H and O–H groups in total. The maximum atomic E-state index is 15.1. The fourth-order valence-electron chi connectivity index (χ4n) is 4.78. The number of methoxy groups -OCH3 is 1. The fourth-order valence-corrected chi connectivity index (χ4v) is 10.3. The Hall–Kier alpha value is -3.84. The third-order valence-electron chi connectivity index (χ3n) is 6.87. The molecule has 0 saturated carbocycles. The van der Waals surface area contributed by atoms with Gasteiger partial charge in [-0.2, -0.15) is 0 Å². The van der Waals surface area contributed by atoms with Crippen LogP contribution >= 0.6 is 14.3 Å². The van der Waals surface area contributed by atoms with Crippen molar-refractivity contribution < 1.29 is 13.9 Å². The summed E-state index contributed by atoms with van der Waals surface area (Å²) in [5.41, 5.74) is 0.829. The predicted octanol–water partition coefficient (Wildman–Crippen LogP) is 6.44. The van der Waals surface area contributed by atoms with Crippen molar-refractivity contribution >= 4 is 41.2 Å². The van der Waals surface area contributed by atoms with E-state index in [4.69, 9.17) is 4.74 Å². The summed E-state index contributed by atoms with van der Waals surface area (Å²) < 4.78 is 35.7. The Kier molecular flexibility index (Phi) is 8.17. The molecule has 39 heavy (non-hydrogen) atoms. The molecule has 196 valence electrons. The number of anilines is 1. The number of benzene rings is 5. The molecule has 0 aliphatic carbocycles. The number of rotatable bonds is 10. The van der Waals surface area contributed by atoms with Crippen molar-refractivity contribution in [1.82, 2.24) is 0 Å². The molecule has 0 saturated heterocycles. The van der Waals surface area contributed by atoms with E-state index in [1.807, 2.05) is 150 Å². The first-order valence-corrected chi connectivity index (χ1v) is 16.6. The lowest BCUT2D eigenvalue weighted by Gasteiger charge is -2.33. The monoisotopic (exact) mass is 551 g/mol. The van der Waals surface area contributed by atoms with Gasteiger partial charge in [0.15, 0.2) is 14.3 Å². The third-order valence-corrected chi connectivity index (χ3v) is 12.9. The van der Waals surface area contributed by atoms with Crippen molar-refractivity contribution in [2.75, 3.05) is 24.6 Å². The topological polar surface area (TPSA) is 46.6 Å². The van der Waals surface area contributed by atoms with Crippen LogP contribution in [-0.2, 0) is 9.13 Å². The van der Waals surface area contributed by atoms with Crippen LogP contribution in [0.25, 0.3) is 0 Å². The van der Waals surface area contributed by atoms with E-state index in [2.05, 4.69) is 0 Å². The smallest absolute Gasteiger partial charge is 0.161 e. The molecule has 0 atom stereocenters. The van der Waals surface area contributed by atoms with E-state index in [9.17, 15) is 0 Å². The van der Waals surface area contributed by atoms with Crippen LogP contribution < -0.4 is 30.9 Å². The van der Waals surface area contributed by atoms with E-state index in [0.29, 0.717) is 0 Å². The zero-order chi connectivity index (χ0) is 27.1. The van der Waals surface area contributed by atoms with Crippen molar-refractivity contribution in [1.29, 1.82) is 0 Å². The maximum absolute atomic E-state index is 15.1. The summed E-state index contributed by atoms with van der Waals surface area (Å²) in [6.07, 6.45) is 0.383. The molecule has 0 amide bonds. The molecule has 0 fully saturated rings. The van der Waals surface area contributed by atoms with E-state index >= 15 is 9.13 Å². The fraction of sp³-hybridized carbons (Fsp3) is 0.0909. The first kappa shape index (κ1) is 26.8. The molecule has 0 aromatic heterocycles. The summed E-state index contributed by atoms with van der Waals surface area (Å²) >= 11 is 0. The van der Waals surface area contributed by atoms with Gasteiger partial charge in [-0.05, 0) is 24.3 Å². The highest BCUT2D eigenvalue weighted by molar-refractivity contribution is 7.79. The summed E-state index contributed by atoms with van der Waals surface area (Å²) in [5, 5.41) is 3.07. The van der Waals surface area contributed by atoms with Gasteiger partial charge in [-0.3, -0.25) is 0 Å². The van der Waals surface area contributed by atoms with Gasteiger partial charge in [0.25, 0.3) is 0 Å². The normalized spacial score (nSPS) is 11.6. The van der Waals surface area contributed by atoms with Gasteiger partial charge in [-0.25, -0.2) is 0 Å². The Balaban J connectivity index is 1.66. The minimum absolute atomic E-state index is 0.191. The number of hydrogen-bond donors (Lipinski definition) is 0. The minimum atomic E-state index is -3.16. The predicted molar refractivity (Wildman–Crippen MR) is 165 cm³/mol. The summed E-state index contributed by atoms with van der Waals surface area (Å²) in [5.74, 6) is 0.724. The Morgan fingerprint density at radius 2 is 0.795 bits per heavy atom. The number of hydrogen-bond acceptors (Lipinski definition) is 4. The van der Waals surface area contributed by atoms with Crippen LogP contribution in [0.3, 0.4) is 0 Å². The molecule has 5 rings (SSSR count). The van der Waals surface area contributed by atoms with E-state index in [-0.39, 0.29) is 12.6 Å². The SMILES string of the molecule is COc1ccc(N(CP(=O)(c2ccccc2)c2ccccc2)CP(=O)(c2ccccc2)c2ccccc2)cc1. The Bertz CT molecular complexity index is 1390. The zero-order valence-corrected chi connectivity index (χ0v) is 23.6. The molecule has 5 aromatic carbocycles. The first-order valence-electron chi connectivity index (χ1n) is 12.8. The number of ether oxygens (including phenoxy) is 1. The van der Waals surface area contributed by atoms with Crippen molar-refractivity contribution in [2.24, 2.45) is 0 Å². The van der Waals surface area contributed by atoms with Gasteiger partial charge in [0, 0.05) is 26.9 Å². The van der Waals surface area contributed by atoms with E-state index < -0.39 is 14.3 Å². The maximum Gasteiger partial charge on any atom is 0.161 e. The third kappa shape index (κ3) is 5.78. The van der Waals surface area contributed by atoms with Crippen molar-refractivity contribution in [3.05, 3.63) is 146 Å². The molecule has 0 aliphatic heterocycles. The van der Waals surface area contributed by atoms with Gasteiger partial charge in [0.1, 0.15) is 5.75 Å². The molecule has 0 heterocycles. The van der Waals surface area contributed by atoms with Gasteiger partial charge in [0.05, 0.1) is 19.7 Å². The number of nitrogens with zero attached hydrogens (tertiary/aromatic N) is 1. The van der Waals surface area contributed by atoms with Crippen molar-refractivity contribution in [3.8, 4) is 5.75 Å². The average Bonchev–Trinajstić information content (AvgIpc) is 3.02. The van der Waals surface area contributed by atoms with Crippen molar-refractivity contribution in [3.63, 3.8) is 0 Å². The van der Waals surface area contributed by atoms with E-state index in [1.165, 1.54) is 0 Å². The second-order valence-electron chi connectivity index (χ2n) is 9.34. The first-order chi connectivity index (χ1) is 19.0. The van der Waals surface area contributed by atoms with Gasteiger partial charge in [-0.1, -0.05) is 121 Å². The van der Waals surface area contributed by atoms with Crippen LogP contribution in [0.5, 0.6) is 5.75 Å². The molecular formula is C33H31NO3P2. The highest BCUT2D eigenvalue weighted by Gasteiger charge is 2.35. The summed E-state index contributed by atoms with van der Waals surface area (Å²) in [6.45, 7) is 0. The van der Waals surface area contributed by atoms with Crippen molar-refractivity contribution in [2.45, 2.75) is 0 Å². The van der Waals surface area contributed by atoms with Crippen LogP contribution in [0.1, 0.15) is 0 Å². The minimum Gasteiger partial charge on any atom is -0.497 e. The Morgan fingerprint density at radius 1 is 0.487 bits per heavy atom. The van der Waals surface area contributed by atoms with Crippen LogP contribution in [0.2, 0.25) is 0 Å². The average molecular weight is 552 g/mol. The summed E-state index contributed by atoms with van der Waals surface area (Å²) in [7, 11) is -4.69. The lowest BCUT2D eigenvalue weighted by molar-refractivity contribution is 0.415. The largest absolute Gasteiger partial charge is 0.497 e. The van der Waals surface area contributed by atoms with Gasteiger partial charge in [-0.15, -0.1) is 0 Å². The lowest BCUT2D eigenvalue weighted by atomic mass is 10.3. The molecule has 5 aromatic rings. The Morgan fingerprint density at radius 3 is 1.08 bits per heavy atom. The van der Waals surface area contributed by atoms with Crippen LogP contribution in [0.4, 0.5) is 5.69 Å². The molecule has 6 heteroatoms. The zero-order valence-electron chi connectivity index (χ0n) is 21.8. The molecule has 4 nitrogen and oxygen atoms in total. The van der Waals surface area contributed by atoms with Crippen LogP contribution in [-0.4, -0.2) is 19.7 Å². The van der Waals surface area contributed by atoms with Gasteiger partial charge >= 0.3 is 0 Å². The van der Waals surface area contributed by atoms with E-state index in [0.717, 1.165) is 32.7 Å². The molecular weight excluding hydrogens is 520 g/mol. The highest BCUT2D eigenvalue weighted by atomic mass is 31.2. The van der Waals surface area contributed by atoms with Gasteiger partial charge < -0.3 is 18.8 Å².